The van der Waals surface area contributed by atoms with E-state index in [1.54, 1.807) is 0 Å². The molecule has 10 aliphatic rings. The van der Waals surface area contributed by atoms with Crippen molar-refractivity contribution in [3.05, 3.63) is 12.2 Å². The molecule has 7 nitrogen and oxygen atoms in total. The van der Waals surface area contributed by atoms with Gasteiger partial charge in [0, 0.05) is 30.8 Å². The zero-order valence-electron chi connectivity index (χ0n) is 45.7. The van der Waals surface area contributed by atoms with E-state index in [4.69, 9.17) is 5.11 Å². The monoisotopic (exact) mass is 943 g/mol. The van der Waals surface area contributed by atoms with Crippen molar-refractivity contribution in [1.82, 2.24) is 0 Å². The molecule has 10 aliphatic carbocycles. The standard InChI is InChI=1S/C30H48O3.C30H46O3.CH4O/c2*1-18(2)19-10-15-30(25(32)33)17-16-28(6)20(24(19)30)8-9-22-27(5)13-12-23(31)26(3,4)21(27)11-14-29(22,28)7;1-2/h18-22,24H,8-17H2,1-7H3,(H,32,33);19-22,24H,1,8-17H2,2-7H3,(H,32,33);2H,1H3/t2*19-,20+,21-,22+,24+,27-,28+,29+,30-;/m00./s1. The third kappa shape index (κ3) is 6.61. The van der Waals surface area contributed by atoms with Gasteiger partial charge >= 0.3 is 11.9 Å². The molecule has 0 amide bonds. The van der Waals surface area contributed by atoms with Gasteiger partial charge < -0.3 is 15.3 Å². The predicted octanol–water partition coefficient (Wildman–Crippen LogP) is 14.3. The number of carbonyl (C=O) groups is 4. The van der Waals surface area contributed by atoms with Crippen molar-refractivity contribution in [3.63, 3.8) is 0 Å². The number of aliphatic hydroxyl groups excluding tert-OH is 1. The van der Waals surface area contributed by atoms with Crippen molar-refractivity contribution in [2.24, 2.45) is 119 Å². The average molecular weight is 943 g/mol. The van der Waals surface area contributed by atoms with E-state index < -0.39 is 22.8 Å². The third-order valence-electron chi connectivity index (χ3n) is 26.8. The Hall–Kier alpha value is -2.02. The van der Waals surface area contributed by atoms with Gasteiger partial charge in [0.05, 0.1) is 10.8 Å². The molecule has 0 aromatic heterocycles. The number of ketones is 2. The summed E-state index contributed by atoms with van der Waals surface area (Å²) in [4.78, 5) is 51.3. The highest BCUT2D eigenvalue weighted by molar-refractivity contribution is 5.86. The maximum atomic E-state index is 12.9. The maximum Gasteiger partial charge on any atom is 0.309 e. The van der Waals surface area contributed by atoms with Crippen LogP contribution in [0, 0.1) is 119 Å². The molecule has 0 radical (unpaired) electrons. The quantitative estimate of drug-likeness (QED) is 0.239. The van der Waals surface area contributed by atoms with Crippen LogP contribution in [0.5, 0.6) is 0 Å². The molecule has 384 valence electrons. The number of rotatable bonds is 4. The summed E-state index contributed by atoms with van der Waals surface area (Å²) in [5.41, 5.74) is 1.02. The summed E-state index contributed by atoms with van der Waals surface area (Å²) in [7, 11) is 1.00. The van der Waals surface area contributed by atoms with Crippen molar-refractivity contribution >= 4 is 23.5 Å². The summed E-state index contributed by atoms with van der Waals surface area (Å²) in [5.74, 6) is 5.13. The van der Waals surface area contributed by atoms with Gasteiger partial charge in [0.15, 0.2) is 0 Å². The lowest BCUT2D eigenvalue weighted by atomic mass is 9.32. The van der Waals surface area contributed by atoms with Crippen LogP contribution in [0.3, 0.4) is 0 Å². The lowest BCUT2D eigenvalue weighted by molar-refractivity contribution is -0.237. The summed E-state index contributed by atoms with van der Waals surface area (Å²) in [6.07, 6.45) is 20.6. The number of hydrogen-bond donors (Lipinski definition) is 3. The second-order valence-corrected chi connectivity index (χ2v) is 29.0. The first-order valence-corrected chi connectivity index (χ1v) is 28.1. The Morgan fingerprint density at radius 3 is 1.29 bits per heavy atom. The molecule has 0 unspecified atom stereocenters. The number of aliphatic carboxylic acids is 2. The van der Waals surface area contributed by atoms with E-state index in [0.717, 1.165) is 103 Å². The van der Waals surface area contributed by atoms with Crippen LogP contribution in [0.1, 0.15) is 218 Å². The van der Waals surface area contributed by atoms with Crippen LogP contribution in [-0.4, -0.2) is 45.9 Å². The van der Waals surface area contributed by atoms with Gasteiger partial charge in [-0.15, -0.1) is 0 Å². The summed E-state index contributed by atoms with van der Waals surface area (Å²) >= 11 is 0. The Kier molecular flexibility index (Phi) is 12.9. The Balaban J connectivity index is 0.000000177. The van der Waals surface area contributed by atoms with E-state index in [0.29, 0.717) is 70.7 Å². The number of hydrogen-bond acceptors (Lipinski definition) is 5. The largest absolute Gasteiger partial charge is 0.481 e. The molecule has 10 fully saturated rings. The molecule has 0 heterocycles. The van der Waals surface area contributed by atoms with Crippen LogP contribution in [0.25, 0.3) is 0 Å². The summed E-state index contributed by atoms with van der Waals surface area (Å²) in [5, 5.41) is 28.0. The molecule has 10 rings (SSSR count). The number of allylic oxidation sites excluding steroid dienone is 1. The molecule has 0 bridgehead atoms. The highest BCUT2D eigenvalue weighted by Crippen LogP contribution is 2.79. The van der Waals surface area contributed by atoms with E-state index in [2.05, 4.69) is 96.6 Å². The van der Waals surface area contributed by atoms with Crippen molar-refractivity contribution in [2.45, 2.75) is 218 Å². The van der Waals surface area contributed by atoms with Crippen LogP contribution >= 0.6 is 0 Å². The van der Waals surface area contributed by atoms with Gasteiger partial charge in [0.2, 0.25) is 0 Å². The lowest BCUT2D eigenvalue weighted by Gasteiger charge is -2.72. The van der Waals surface area contributed by atoms with Crippen LogP contribution in [0.4, 0.5) is 0 Å². The van der Waals surface area contributed by atoms with Gasteiger partial charge in [0.1, 0.15) is 11.6 Å². The summed E-state index contributed by atoms with van der Waals surface area (Å²) in [6, 6.07) is 0. The molecule has 0 saturated heterocycles. The number of Topliss-reactive ketones (excluding diaryl/α,β-unsaturated/α-hetero) is 2. The van der Waals surface area contributed by atoms with E-state index in [1.807, 2.05) is 0 Å². The van der Waals surface area contributed by atoms with Gasteiger partial charge in [-0.25, -0.2) is 0 Å². The summed E-state index contributed by atoms with van der Waals surface area (Å²) in [6.45, 7) is 35.4. The van der Waals surface area contributed by atoms with Gasteiger partial charge in [-0.2, -0.15) is 0 Å². The molecule has 0 spiro atoms. The molecular weight excluding hydrogens is 845 g/mol. The highest BCUT2D eigenvalue weighted by atomic mass is 16.4. The smallest absolute Gasteiger partial charge is 0.309 e. The molecule has 0 aliphatic heterocycles. The molecule has 7 heteroatoms. The Bertz CT molecular complexity index is 2050. The number of aliphatic hydroxyl groups is 1. The van der Waals surface area contributed by atoms with Crippen molar-refractivity contribution < 1.29 is 34.5 Å². The first-order valence-electron chi connectivity index (χ1n) is 28.1. The minimum atomic E-state index is -0.547. The first-order chi connectivity index (χ1) is 31.5. The third-order valence-corrected chi connectivity index (χ3v) is 26.8. The molecule has 10 saturated carbocycles. The number of carbonyl (C=O) groups excluding carboxylic acids is 2. The van der Waals surface area contributed by atoms with E-state index >= 15 is 0 Å². The zero-order valence-corrected chi connectivity index (χ0v) is 45.7. The fraction of sp³-hybridized carbons (Fsp3) is 0.902. The Labute approximate surface area is 413 Å². The number of carboxylic acids is 2. The molecule has 18 atom stereocenters. The van der Waals surface area contributed by atoms with Gasteiger partial charge in [-0.05, 0) is 220 Å². The van der Waals surface area contributed by atoms with E-state index in [9.17, 15) is 29.4 Å². The fourth-order valence-electron chi connectivity index (χ4n) is 22.9. The van der Waals surface area contributed by atoms with Crippen LogP contribution in [0.2, 0.25) is 0 Å². The van der Waals surface area contributed by atoms with E-state index in [-0.39, 0.29) is 49.2 Å². The highest BCUT2D eigenvalue weighted by Gasteiger charge is 2.74. The first kappa shape index (κ1) is 52.3. The fourth-order valence-corrected chi connectivity index (χ4v) is 22.9. The zero-order chi connectivity index (χ0) is 50.4. The molecule has 0 aromatic carbocycles. The SMILES string of the molecule is C=C(C)[C@@H]1CC[C@]2(C(=O)O)CC[C@]3(C)[C@H](CC[C@@H]4[C@@]5(C)CCC(=O)C(C)(C)[C@@H]5CC[C@]43C)[C@@H]12.CC(C)[C@@H]1CC[C@]2(C(=O)O)CC[C@]3(C)[C@H](CC[C@@H]4[C@@]5(C)CCC(=O)C(C)(C)[C@@H]5CC[C@]43C)[C@@H]12.CO. The van der Waals surface area contributed by atoms with Gasteiger partial charge in [-0.1, -0.05) is 95.2 Å². The number of fused-ring (bicyclic) bond motifs is 14. The normalized spacial score (nSPS) is 51.5. The van der Waals surface area contributed by atoms with Crippen molar-refractivity contribution in [2.75, 3.05) is 7.11 Å². The molecular formula is C61H98O7. The van der Waals surface area contributed by atoms with Crippen molar-refractivity contribution in [3.8, 4) is 0 Å². The Morgan fingerprint density at radius 1 is 0.500 bits per heavy atom. The van der Waals surface area contributed by atoms with Gasteiger partial charge in [0.25, 0.3) is 0 Å². The molecule has 68 heavy (non-hydrogen) atoms. The van der Waals surface area contributed by atoms with Crippen LogP contribution < -0.4 is 0 Å². The topological polar surface area (TPSA) is 129 Å². The molecule has 3 N–H and O–H groups in total. The lowest BCUT2D eigenvalue weighted by Crippen LogP contribution is -2.66. The second kappa shape index (κ2) is 16.8. The van der Waals surface area contributed by atoms with E-state index in [1.165, 1.54) is 37.7 Å². The molecule has 0 aromatic rings. The van der Waals surface area contributed by atoms with Crippen LogP contribution in [-0.2, 0) is 19.2 Å². The average Bonchev–Trinajstić information content (AvgIpc) is 3.87. The predicted molar refractivity (Wildman–Crippen MR) is 271 cm³/mol. The van der Waals surface area contributed by atoms with Crippen LogP contribution in [0.15, 0.2) is 12.2 Å². The Morgan fingerprint density at radius 2 is 0.897 bits per heavy atom. The minimum absolute atomic E-state index is 0.164. The minimum Gasteiger partial charge on any atom is -0.481 e. The summed E-state index contributed by atoms with van der Waals surface area (Å²) < 4.78 is 0. The second-order valence-electron chi connectivity index (χ2n) is 29.0. The number of carboxylic acid groups (broad SMARTS) is 2. The maximum absolute atomic E-state index is 12.9. The van der Waals surface area contributed by atoms with Gasteiger partial charge in [-0.3, -0.25) is 19.2 Å². The van der Waals surface area contributed by atoms with Crippen molar-refractivity contribution in [1.29, 1.82) is 0 Å².